The van der Waals surface area contributed by atoms with Crippen molar-refractivity contribution in [3.63, 3.8) is 0 Å². The molecule has 0 aliphatic carbocycles. The van der Waals surface area contributed by atoms with Crippen LogP contribution in [0, 0.1) is 0 Å². The van der Waals surface area contributed by atoms with Crippen LogP contribution in [0.25, 0.3) is 110 Å². The SMILES string of the molecule is CC(C)(c1nc(-c2ccccc2)nc(-c2ccccc2)n1)n1c2ccc(C(=O)n3c4ccccc4c4ccc(-c5ccccc5)cc43)cc2c2cc(C(=O)n3c4ccccc4c4ccc(-c5ccccc5)cc43)ccc21. The minimum atomic E-state index is -0.908. The van der Waals surface area contributed by atoms with E-state index in [2.05, 4.69) is 91.2 Å². The van der Waals surface area contributed by atoms with Crippen LogP contribution < -0.4 is 0 Å². The van der Waals surface area contributed by atoms with Gasteiger partial charge in [-0.25, -0.2) is 15.0 Å². The lowest BCUT2D eigenvalue weighted by Crippen LogP contribution is -2.30. The third kappa shape index (κ3) is 7.17. The van der Waals surface area contributed by atoms with E-state index in [1.807, 2.05) is 179 Å². The van der Waals surface area contributed by atoms with Crippen molar-refractivity contribution in [3.8, 4) is 45.0 Å². The zero-order chi connectivity index (χ0) is 51.1. The molecule has 0 bridgehead atoms. The first-order valence-corrected chi connectivity index (χ1v) is 25.5. The quantitative estimate of drug-likeness (QED) is 0.151. The Morgan fingerprint density at radius 3 is 1.11 bits per heavy atom. The molecule has 76 heavy (non-hydrogen) atoms. The maximum Gasteiger partial charge on any atom is 0.262 e. The summed E-state index contributed by atoms with van der Waals surface area (Å²) in [5, 5.41) is 5.60. The third-order valence-corrected chi connectivity index (χ3v) is 15.0. The molecule has 360 valence electrons. The van der Waals surface area contributed by atoms with Crippen LogP contribution in [0.2, 0.25) is 0 Å². The summed E-state index contributed by atoms with van der Waals surface area (Å²) in [6.45, 7) is 4.24. The molecule has 0 saturated carbocycles. The van der Waals surface area contributed by atoms with Crippen molar-refractivity contribution in [1.29, 1.82) is 0 Å². The van der Waals surface area contributed by atoms with Crippen molar-refractivity contribution in [2.75, 3.05) is 0 Å². The summed E-state index contributed by atoms with van der Waals surface area (Å²) in [5.41, 5.74) is 11.0. The van der Waals surface area contributed by atoms with E-state index in [0.717, 1.165) is 98.8 Å². The van der Waals surface area contributed by atoms with Crippen molar-refractivity contribution in [3.05, 3.63) is 260 Å². The van der Waals surface area contributed by atoms with Crippen molar-refractivity contribution in [1.82, 2.24) is 28.7 Å². The number of carbonyl (C=O) groups excluding carboxylic acids is 2. The molecule has 14 aromatic rings. The highest BCUT2D eigenvalue weighted by Gasteiger charge is 2.33. The van der Waals surface area contributed by atoms with E-state index < -0.39 is 5.54 Å². The first-order valence-electron chi connectivity index (χ1n) is 25.5. The van der Waals surface area contributed by atoms with Crippen LogP contribution in [-0.4, -0.2) is 40.5 Å². The summed E-state index contributed by atoms with van der Waals surface area (Å²) < 4.78 is 5.95. The number of fused-ring (bicyclic) bond motifs is 9. The first kappa shape index (κ1) is 44.6. The summed E-state index contributed by atoms with van der Waals surface area (Å²) >= 11 is 0. The molecule has 8 heteroatoms. The minimum Gasteiger partial charge on any atom is -0.327 e. The van der Waals surface area contributed by atoms with Crippen LogP contribution in [0.15, 0.2) is 243 Å². The van der Waals surface area contributed by atoms with Crippen molar-refractivity contribution in [2.24, 2.45) is 0 Å². The lowest BCUT2D eigenvalue weighted by molar-refractivity contribution is 0.0961. The molecule has 0 aliphatic heterocycles. The molecule has 0 saturated heterocycles. The molecule has 0 amide bonds. The zero-order valence-corrected chi connectivity index (χ0v) is 41.6. The molecule has 0 aliphatic rings. The number of hydrogen-bond donors (Lipinski definition) is 0. The minimum absolute atomic E-state index is 0.164. The van der Waals surface area contributed by atoms with Gasteiger partial charge in [-0.1, -0.05) is 182 Å². The van der Waals surface area contributed by atoms with Gasteiger partial charge < -0.3 is 4.57 Å². The number of hydrogen-bond acceptors (Lipinski definition) is 5. The highest BCUT2D eigenvalue weighted by atomic mass is 16.2. The maximum absolute atomic E-state index is 15.5. The van der Waals surface area contributed by atoms with Crippen LogP contribution in [0.1, 0.15) is 40.4 Å². The van der Waals surface area contributed by atoms with E-state index >= 15 is 9.59 Å². The standard InChI is InChI=1S/C68H46N6O2/c1-68(2,67-70-63(45-23-11-5-12-24-45)69-64(71-67)46-25-13-6-14-26-46)74-59-37-33-49(65(75)72-57-29-17-15-27-51(57)53-35-31-47(41-61(53)72)43-19-7-3-8-20-43)39-55(59)56-40-50(34-38-60(56)74)66(76)73-58-30-18-16-28-52(58)54-36-32-48(42-62(54)73)44-21-9-4-10-22-44/h3-42H,1-2H3. The number of carbonyl (C=O) groups is 2. The maximum atomic E-state index is 15.5. The highest BCUT2D eigenvalue weighted by Crippen LogP contribution is 2.41. The van der Waals surface area contributed by atoms with Crippen molar-refractivity contribution >= 4 is 77.2 Å². The second-order valence-corrected chi connectivity index (χ2v) is 19.9. The average molecular weight is 979 g/mol. The largest absolute Gasteiger partial charge is 0.327 e. The predicted octanol–water partition coefficient (Wildman–Crippen LogP) is 16.0. The molecule has 8 nitrogen and oxygen atoms in total. The van der Waals surface area contributed by atoms with Gasteiger partial charge in [0.2, 0.25) is 0 Å². The van der Waals surface area contributed by atoms with Gasteiger partial charge in [0, 0.05) is 54.6 Å². The van der Waals surface area contributed by atoms with Gasteiger partial charge in [-0.3, -0.25) is 18.7 Å². The van der Waals surface area contributed by atoms with Crippen LogP contribution in [0.3, 0.4) is 0 Å². The summed E-state index contributed by atoms with van der Waals surface area (Å²) in [6.07, 6.45) is 0. The smallest absolute Gasteiger partial charge is 0.262 e. The van der Waals surface area contributed by atoms with Gasteiger partial charge in [-0.05, 0) is 96.8 Å². The lowest BCUT2D eigenvalue weighted by atomic mass is 10.0. The van der Waals surface area contributed by atoms with Gasteiger partial charge in [-0.15, -0.1) is 0 Å². The van der Waals surface area contributed by atoms with Crippen LogP contribution in [0.5, 0.6) is 0 Å². The monoisotopic (exact) mass is 978 g/mol. The normalized spacial score (nSPS) is 11.9. The summed E-state index contributed by atoms with van der Waals surface area (Å²) in [4.78, 5) is 46.5. The van der Waals surface area contributed by atoms with Gasteiger partial charge in [-0.2, -0.15) is 0 Å². The molecular weight excluding hydrogens is 933 g/mol. The van der Waals surface area contributed by atoms with Crippen molar-refractivity contribution in [2.45, 2.75) is 19.4 Å². The zero-order valence-electron chi connectivity index (χ0n) is 41.6. The van der Waals surface area contributed by atoms with Gasteiger partial charge in [0.1, 0.15) is 0 Å². The van der Waals surface area contributed by atoms with Gasteiger partial charge in [0.15, 0.2) is 17.5 Å². The molecule has 0 atom stereocenters. The van der Waals surface area contributed by atoms with E-state index in [-0.39, 0.29) is 11.8 Å². The van der Waals surface area contributed by atoms with E-state index in [4.69, 9.17) is 15.0 Å². The summed E-state index contributed by atoms with van der Waals surface area (Å²) in [5.74, 6) is 1.34. The number of benzene rings is 10. The van der Waals surface area contributed by atoms with E-state index in [0.29, 0.717) is 28.6 Å². The number of nitrogens with zero attached hydrogens (tertiary/aromatic N) is 6. The Bertz CT molecular complexity index is 4350. The molecule has 0 radical (unpaired) electrons. The Labute approximate surface area is 437 Å². The predicted molar refractivity (Wildman–Crippen MR) is 308 cm³/mol. The van der Waals surface area contributed by atoms with Crippen LogP contribution >= 0.6 is 0 Å². The fourth-order valence-electron chi connectivity index (χ4n) is 11.3. The number of rotatable bonds is 8. The Balaban J connectivity index is 0.991. The molecule has 4 aromatic heterocycles. The van der Waals surface area contributed by atoms with E-state index in [9.17, 15) is 0 Å². The fraction of sp³-hybridized carbons (Fsp3) is 0.0441. The summed E-state index contributed by atoms with van der Waals surface area (Å²) in [6, 6.07) is 81.2. The first-order chi connectivity index (χ1) is 37.3. The number of para-hydroxylation sites is 2. The average Bonchev–Trinajstić information content (AvgIpc) is 4.15. The Morgan fingerprint density at radius 1 is 0.316 bits per heavy atom. The van der Waals surface area contributed by atoms with E-state index in [1.165, 1.54) is 0 Å². The second-order valence-electron chi connectivity index (χ2n) is 19.9. The number of aromatic nitrogens is 6. The molecular formula is C68H46N6O2. The fourth-order valence-corrected chi connectivity index (χ4v) is 11.3. The molecule has 0 fully saturated rings. The Hall–Kier alpha value is -10.1. The van der Waals surface area contributed by atoms with Gasteiger partial charge >= 0.3 is 0 Å². The van der Waals surface area contributed by atoms with E-state index in [1.54, 1.807) is 0 Å². The molecule has 0 unspecified atom stereocenters. The molecule has 0 spiro atoms. The Morgan fingerprint density at radius 2 is 0.684 bits per heavy atom. The topological polar surface area (TPSA) is 87.6 Å². The van der Waals surface area contributed by atoms with Gasteiger partial charge in [0.05, 0.1) is 38.6 Å². The van der Waals surface area contributed by atoms with Crippen LogP contribution in [-0.2, 0) is 5.54 Å². The molecule has 0 N–H and O–H groups in total. The Kier molecular flexibility index (Phi) is 10.3. The highest BCUT2D eigenvalue weighted by molar-refractivity contribution is 6.20. The van der Waals surface area contributed by atoms with Crippen LogP contribution in [0.4, 0.5) is 0 Å². The molecule has 14 rings (SSSR count). The van der Waals surface area contributed by atoms with Crippen molar-refractivity contribution < 1.29 is 9.59 Å². The molecule has 10 aromatic carbocycles. The third-order valence-electron chi connectivity index (χ3n) is 15.0. The molecule has 4 heterocycles. The summed E-state index contributed by atoms with van der Waals surface area (Å²) in [7, 11) is 0. The lowest BCUT2D eigenvalue weighted by Gasteiger charge is -2.28. The second kappa shape index (κ2) is 17.6. The van der Waals surface area contributed by atoms with Gasteiger partial charge in [0.25, 0.3) is 11.8 Å².